The molecule has 2 rings (SSSR count). The zero-order valence-electron chi connectivity index (χ0n) is 15.6. The Morgan fingerprint density at radius 1 is 0.808 bits per heavy atom. The van der Waals surface area contributed by atoms with E-state index < -0.39 is 0 Å². The predicted molar refractivity (Wildman–Crippen MR) is 106 cm³/mol. The SMILES string of the molecule is CCCCOc1ccc(NC(=O)CNc2ccc(OCCC)cc2)cc1. The molecule has 0 aliphatic heterocycles. The Morgan fingerprint density at radius 2 is 1.38 bits per heavy atom. The van der Waals surface area contributed by atoms with Crippen LogP contribution < -0.4 is 20.1 Å². The Morgan fingerprint density at radius 3 is 1.96 bits per heavy atom. The summed E-state index contributed by atoms with van der Waals surface area (Å²) in [7, 11) is 0. The molecule has 0 aliphatic carbocycles. The van der Waals surface area contributed by atoms with Gasteiger partial charge in [0.25, 0.3) is 0 Å². The lowest BCUT2D eigenvalue weighted by Crippen LogP contribution is -2.21. The Hall–Kier alpha value is -2.69. The van der Waals surface area contributed by atoms with E-state index in [2.05, 4.69) is 24.5 Å². The standard InChI is InChI=1S/C21H28N2O3/c1-3-5-15-26-20-12-8-18(9-13-20)23-21(24)16-22-17-6-10-19(11-7-17)25-14-4-2/h6-13,22H,3-5,14-16H2,1-2H3,(H,23,24). The fourth-order valence-electron chi connectivity index (χ4n) is 2.25. The molecular weight excluding hydrogens is 328 g/mol. The van der Waals surface area contributed by atoms with Gasteiger partial charge in [0.05, 0.1) is 19.8 Å². The minimum atomic E-state index is -0.101. The average Bonchev–Trinajstić information content (AvgIpc) is 2.67. The lowest BCUT2D eigenvalue weighted by Gasteiger charge is -2.10. The monoisotopic (exact) mass is 356 g/mol. The van der Waals surface area contributed by atoms with E-state index in [0.717, 1.165) is 42.1 Å². The first-order valence-electron chi connectivity index (χ1n) is 9.20. The quantitative estimate of drug-likeness (QED) is 0.573. The second kappa shape index (κ2) is 11.0. The minimum absolute atomic E-state index is 0.101. The van der Waals surface area contributed by atoms with Crippen LogP contribution in [0.15, 0.2) is 48.5 Å². The van der Waals surface area contributed by atoms with Crippen molar-refractivity contribution >= 4 is 17.3 Å². The van der Waals surface area contributed by atoms with Crippen molar-refractivity contribution in [3.63, 3.8) is 0 Å². The Kier molecular flexibility index (Phi) is 8.33. The van der Waals surface area contributed by atoms with E-state index in [1.54, 1.807) is 0 Å². The second-order valence-electron chi connectivity index (χ2n) is 6.00. The van der Waals surface area contributed by atoms with E-state index in [0.29, 0.717) is 13.2 Å². The highest BCUT2D eigenvalue weighted by Gasteiger charge is 2.03. The number of ether oxygens (including phenoxy) is 2. The Labute approximate surface area is 155 Å². The molecular formula is C21H28N2O3. The van der Waals surface area contributed by atoms with Crippen LogP contribution in [0.2, 0.25) is 0 Å². The molecule has 1 amide bonds. The van der Waals surface area contributed by atoms with E-state index in [-0.39, 0.29) is 12.5 Å². The summed E-state index contributed by atoms with van der Waals surface area (Å²) in [6.07, 6.45) is 3.12. The molecule has 2 aromatic rings. The lowest BCUT2D eigenvalue weighted by molar-refractivity contribution is -0.114. The molecule has 0 saturated carbocycles. The van der Waals surface area contributed by atoms with Gasteiger partial charge in [-0.3, -0.25) is 4.79 Å². The third kappa shape index (κ3) is 7.05. The van der Waals surface area contributed by atoms with Gasteiger partial charge in [-0.15, -0.1) is 0 Å². The van der Waals surface area contributed by atoms with Crippen LogP contribution in [0.3, 0.4) is 0 Å². The normalized spacial score (nSPS) is 10.2. The largest absolute Gasteiger partial charge is 0.494 e. The topological polar surface area (TPSA) is 59.6 Å². The van der Waals surface area contributed by atoms with Crippen molar-refractivity contribution in [3.05, 3.63) is 48.5 Å². The molecule has 26 heavy (non-hydrogen) atoms. The first-order valence-corrected chi connectivity index (χ1v) is 9.20. The third-order valence-electron chi connectivity index (χ3n) is 3.68. The first kappa shape index (κ1) is 19.6. The van der Waals surface area contributed by atoms with Crippen LogP contribution in [0.1, 0.15) is 33.1 Å². The molecule has 0 saturated heterocycles. The number of hydrogen-bond donors (Lipinski definition) is 2. The zero-order chi connectivity index (χ0) is 18.6. The lowest BCUT2D eigenvalue weighted by atomic mass is 10.3. The van der Waals surface area contributed by atoms with Gasteiger partial charge in [0, 0.05) is 11.4 Å². The molecule has 2 aromatic carbocycles. The van der Waals surface area contributed by atoms with Gasteiger partial charge < -0.3 is 20.1 Å². The highest BCUT2D eigenvalue weighted by molar-refractivity contribution is 5.93. The molecule has 0 fully saturated rings. The van der Waals surface area contributed by atoms with E-state index in [9.17, 15) is 4.79 Å². The van der Waals surface area contributed by atoms with E-state index in [1.165, 1.54) is 0 Å². The number of benzene rings is 2. The summed E-state index contributed by atoms with van der Waals surface area (Å²) in [5.74, 6) is 1.55. The van der Waals surface area contributed by atoms with Crippen LogP contribution in [0, 0.1) is 0 Å². The number of anilines is 2. The fourth-order valence-corrected chi connectivity index (χ4v) is 2.25. The summed E-state index contributed by atoms with van der Waals surface area (Å²) in [6, 6.07) is 15.0. The van der Waals surface area contributed by atoms with Crippen molar-refractivity contribution < 1.29 is 14.3 Å². The van der Waals surface area contributed by atoms with E-state index >= 15 is 0 Å². The molecule has 0 aromatic heterocycles. The summed E-state index contributed by atoms with van der Waals surface area (Å²) in [5.41, 5.74) is 1.63. The van der Waals surface area contributed by atoms with Crippen LogP contribution in [0.5, 0.6) is 11.5 Å². The summed E-state index contributed by atoms with van der Waals surface area (Å²) in [4.78, 5) is 12.1. The fraction of sp³-hybridized carbons (Fsp3) is 0.381. The molecule has 0 aliphatic rings. The molecule has 5 heteroatoms. The maximum absolute atomic E-state index is 12.1. The number of nitrogens with one attached hydrogen (secondary N) is 2. The molecule has 0 atom stereocenters. The first-order chi connectivity index (χ1) is 12.7. The zero-order valence-corrected chi connectivity index (χ0v) is 15.6. The Balaban J connectivity index is 1.74. The number of amides is 1. The number of carbonyl (C=O) groups excluding carboxylic acids is 1. The van der Waals surface area contributed by atoms with Gasteiger partial charge in [0.15, 0.2) is 0 Å². The second-order valence-corrected chi connectivity index (χ2v) is 6.00. The number of unbranched alkanes of at least 4 members (excludes halogenated alkanes) is 1. The van der Waals surface area contributed by atoms with Gasteiger partial charge in [-0.05, 0) is 61.4 Å². The number of carbonyl (C=O) groups is 1. The highest BCUT2D eigenvalue weighted by Crippen LogP contribution is 2.17. The van der Waals surface area contributed by atoms with Gasteiger partial charge in [-0.2, -0.15) is 0 Å². The van der Waals surface area contributed by atoms with Crippen molar-refractivity contribution in [2.45, 2.75) is 33.1 Å². The predicted octanol–water partition coefficient (Wildman–Crippen LogP) is 4.70. The average molecular weight is 356 g/mol. The number of hydrogen-bond acceptors (Lipinski definition) is 4. The molecule has 0 unspecified atom stereocenters. The van der Waals surface area contributed by atoms with E-state index in [4.69, 9.17) is 9.47 Å². The summed E-state index contributed by atoms with van der Waals surface area (Å²) >= 11 is 0. The number of rotatable bonds is 11. The van der Waals surface area contributed by atoms with Crippen molar-refractivity contribution in [1.82, 2.24) is 0 Å². The smallest absolute Gasteiger partial charge is 0.243 e. The Bertz CT molecular complexity index is 654. The van der Waals surface area contributed by atoms with Crippen LogP contribution in [-0.2, 0) is 4.79 Å². The molecule has 0 radical (unpaired) electrons. The third-order valence-corrected chi connectivity index (χ3v) is 3.68. The van der Waals surface area contributed by atoms with Crippen LogP contribution in [0.4, 0.5) is 11.4 Å². The molecule has 0 spiro atoms. The summed E-state index contributed by atoms with van der Waals surface area (Å²) in [6.45, 7) is 5.82. The van der Waals surface area contributed by atoms with Crippen LogP contribution >= 0.6 is 0 Å². The van der Waals surface area contributed by atoms with Gasteiger partial charge >= 0.3 is 0 Å². The van der Waals surface area contributed by atoms with Crippen molar-refractivity contribution in [2.75, 3.05) is 30.4 Å². The van der Waals surface area contributed by atoms with Gasteiger partial charge in [0.2, 0.25) is 5.91 Å². The minimum Gasteiger partial charge on any atom is -0.494 e. The van der Waals surface area contributed by atoms with Crippen molar-refractivity contribution in [3.8, 4) is 11.5 Å². The van der Waals surface area contributed by atoms with Crippen LogP contribution in [0.25, 0.3) is 0 Å². The molecule has 0 heterocycles. The summed E-state index contributed by atoms with van der Waals surface area (Å²) in [5, 5.41) is 5.97. The molecule has 0 bridgehead atoms. The van der Waals surface area contributed by atoms with Crippen molar-refractivity contribution in [2.24, 2.45) is 0 Å². The van der Waals surface area contributed by atoms with Gasteiger partial charge in [-0.1, -0.05) is 20.3 Å². The van der Waals surface area contributed by atoms with Crippen molar-refractivity contribution in [1.29, 1.82) is 0 Å². The molecule has 5 nitrogen and oxygen atoms in total. The van der Waals surface area contributed by atoms with Crippen LogP contribution in [-0.4, -0.2) is 25.7 Å². The van der Waals surface area contributed by atoms with E-state index in [1.807, 2.05) is 48.5 Å². The highest BCUT2D eigenvalue weighted by atomic mass is 16.5. The summed E-state index contributed by atoms with van der Waals surface area (Å²) < 4.78 is 11.1. The van der Waals surface area contributed by atoms with Gasteiger partial charge in [-0.25, -0.2) is 0 Å². The molecule has 2 N–H and O–H groups in total. The maximum Gasteiger partial charge on any atom is 0.243 e. The maximum atomic E-state index is 12.1. The molecule has 140 valence electrons. The van der Waals surface area contributed by atoms with Gasteiger partial charge in [0.1, 0.15) is 11.5 Å².